The van der Waals surface area contributed by atoms with Crippen LogP contribution >= 0.6 is 58.0 Å². The maximum absolute atomic E-state index is 9.19. The summed E-state index contributed by atoms with van der Waals surface area (Å²) in [6.07, 6.45) is 3.95. The van der Waals surface area contributed by atoms with Gasteiger partial charge >= 0.3 is 0 Å². The molecule has 1 aliphatic rings. The summed E-state index contributed by atoms with van der Waals surface area (Å²) in [6.45, 7) is 3.73. The van der Waals surface area contributed by atoms with Gasteiger partial charge in [0.15, 0.2) is 0 Å². The molecule has 230 valence electrons. The molecule has 0 atom stereocenters. The number of anilines is 3. The standard InChI is InChI=1S/C15H17Cl2N5.C10H6Cl3N3.CH4O3S/c1-21-5-7-22(8-6-21)14-11(9-19-15(18)20-14)10-3-2-4-12(16)13(10)17;11-7-3-1-2-5(8(7)12)6-4-15-10(14)16-9(6)13;1-5(2,3)4/h2-4,9H,5-8H2,1H3,(H2,18,19,20);1-4H,(H2,14,15,16);1H3,(H,2,3,4). The van der Waals surface area contributed by atoms with Crippen molar-refractivity contribution in [2.24, 2.45) is 0 Å². The number of hydrogen-bond donors (Lipinski definition) is 3. The average molecular weight is 709 g/mol. The van der Waals surface area contributed by atoms with Crippen molar-refractivity contribution in [1.82, 2.24) is 24.8 Å². The second-order valence-corrected chi connectivity index (χ2v) is 12.5. The van der Waals surface area contributed by atoms with E-state index < -0.39 is 10.1 Å². The first-order chi connectivity index (χ1) is 20.2. The number of aromatic nitrogens is 4. The Balaban J connectivity index is 0.000000211. The Morgan fingerprint density at radius 1 is 0.744 bits per heavy atom. The Morgan fingerprint density at radius 2 is 1.19 bits per heavy atom. The molecule has 5 rings (SSSR count). The molecule has 0 spiro atoms. The maximum atomic E-state index is 9.19. The first kappa shape index (κ1) is 34.8. The van der Waals surface area contributed by atoms with Crippen LogP contribution in [0.4, 0.5) is 17.7 Å². The van der Waals surface area contributed by atoms with E-state index in [-0.39, 0.29) is 17.0 Å². The van der Waals surface area contributed by atoms with Crippen LogP contribution in [-0.2, 0) is 10.1 Å². The molecule has 43 heavy (non-hydrogen) atoms. The van der Waals surface area contributed by atoms with Crippen molar-refractivity contribution < 1.29 is 13.0 Å². The molecule has 0 radical (unpaired) electrons. The van der Waals surface area contributed by atoms with Gasteiger partial charge in [-0.05, 0) is 19.2 Å². The van der Waals surface area contributed by atoms with E-state index in [2.05, 4.69) is 36.8 Å². The molecule has 0 aliphatic carbocycles. The zero-order valence-corrected chi connectivity index (χ0v) is 27.4. The van der Waals surface area contributed by atoms with Gasteiger partial charge in [0, 0.05) is 60.8 Å². The summed E-state index contributed by atoms with van der Waals surface area (Å²) in [6, 6.07) is 10.8. The van der Waals surface area contributed by atoms with E-state index in [0.717, 1.165) is 43.1 Å². The van der Waals surface area contributed by atoms with Gasteiger partial charge < -0.3 is 21.3 Å². The van der Waals surface area contributed by atoms with E-state index in [0.29, 0.717) is 37.5 Å². The van der Waals surface area contributed by atoms with Gasteiger partial charge in [-0.2, -0.15) is 13.4 Å². The molecule has 0 saturated carbocycles. The third kappa shape index (κ3) is 10.2. The molecule has 3 heterocycles. The number of nitrogens with zero attached hydrogens (tertiary/aromatic N) is 6. The monoisotopic (exact) mass is 706 g/mol. The number of piperazine rings is 1. The maximum Gasteiger partial charge on any atom is 0.261 e. The largest absolute Gasteiger partial charge is 0.368 e. The molecule has 11 nitrogen and oxygen atoms in total. The third-order valence-corrected chi connectivity index (χ3v) is 7.76. The van der Waals surface area contributed by atoms with Crippen molar-refractivity contribution in [3.05, 3.63) is 74.0 Å². The lowest BCUT2D eigenvalue weighted by Gasteiger charge is -2.34. The van der Waals surface area contributed by atoms with Crippen molar-refractivity contribution in [3.8, 4) is 22.3 Å². The molecule has 0 bridgehead atoms. The third-order valence-electron chi connectivity index (χ3n) is 5.83. The van der Waals surface area contributed by atoms with Gasteiger partial charge in [-0.1, -0.05) is 82.3 Å². The van der Waals surface area contributed by atoms with E-state index >= 15 is 0 Å². The summed E-state index contributed by atoms with van der Waals surface area (Å²) in [5.74, 6) is 1.19. The van der Waals surface area contributed by atoms with Crippen LogP contribution in [0.2, 0.25) is 25.2 Å². The first-order valence-corrected chi connectivity index (χ1v) is 16.0. The summed E-state index contributed by atoms with van der Waals surface area (Å²) < 4.78 is 25.9. The van der Waals surface area contributed by atoms with Gasteiger partial charge in [-0.25, -0.2) is 15.0 Å². The molecule has 0 amide bonds. The Bertz CT molecular complexity index is 1680. The number of rotatable bonds is 3. The normalized spacial score (nSPS) is 13.4. The van der Waals surface area contributed by atoms with Gasteiger partial charge in [0.2, 0.25) is 11.9 Å². The van der Waals surface area contributed by atoms with Crippen molar-refractivity contribution >= 4 is 85.8 Å². The molecular formula is C26H27Cl5N8O3S. The summed E-state index contributed by atoms with van der Waals surface area (Å²) >= 11 is 30.4. The predicted molar refractivity (Wildman–Crippen MR) is 176 cm³/mol. The van der Waals surface area contributed by atoms with Crippen LogP contribution in [0.5, 0.6) is 0 Å². The predicted octanol–water partition coefficient (Wildman–Crippen LogP) is 5.97. The lowest BCUT2D eigenvalue weighted by Crippen LogP contribution is -2.45. The first-order valence-electron chi connectivity index (χ1n) is 12.3. The number of nitrogens with two attached hydrogens (primary N) is 2. The lowest BCUT2D eigenvalue weighted by molar-refractivity contribution is 0.312. The molecule has 1 fully saturated rings. The fourth-order valence-electron chi connectivity index (χ4n) is 3.81. The molecule has 1 aliphatic heterocycles. The van der Waals surface area contributed by atoms with Crippen molar-refractivity contribution in [2.75, 3.05) is 55.8 Å². The van der Waals surface area contributed by atoms with Gasteiger partial charge in [0.25, 0.3) is 10.1 Å². The summed E-state index contributed by atoms with van der Waals surface area (Å²) in [5.41, 5.74) is 14.2. The van der Waals surface area contributed by atoms with E-state index in [1.165, 1.54) is 6.20 Å². The number of nitrogen functional groups attached to an aromatic ring is 2. The van der Waals surface area contributed by atoms with Crippen LogP contribution in [0.1, 0.15) is 0 Å². The molecule has 1 saturated heterocycles. The minimum absolute atomic E-state index is 0.118. The molecule has 4 aromatic rings. The van der Waals surface area contributed by atoms with Crippen LogP contribution in [0, 0.1) is 0 Å². The average Bonchev–Trinajstić information content (AvgIpc) is 2.92. The number of likely N-dealkylation sites (N-methyl/N-ethyl adjacent to an activating group) is 1. The number of halogens is 5. The highest BCUT2D eigenvalue weighted by atomic mass is 35.5. The Labute approximate surface area is 274 Å². The van der Waals surface area contributed by atoms with Crippen molar-refractivity contribution in [1.29, 1.82) is 0 Å². The Hall–Kier alpha value is -2.68. The summed E-state index contributed by atoms with van der Waals surface area (Å²) in [7, 11) is -1.56. The highest BCUT2D eigenvalue weighted by Crippen LogP contribution is 2.38. The molecule has 2 aromatic carbocycles. The van der Waals surface area contributed by atoms with Crippen molar-refractivity contribution in [2.45, 2.75) is 0 Å². The van der Waals surface area contributed by atoms with Crippen LogP contribution in [0.25, 0.3) is 22.3 Å². The second kappa shape index (κ2) is 15.4. The summed E-state index contributed by atoms with van der Waals surface area (Å²) in [4.78, 5) is 20.8. The summed E-state index contributed by atoms with van der Waals surface area (Å²) in [5, 5.41) is 2.14. The van der Waals surface area contributed by atoms with Gasteiger partial charge in [-0.3, -0.25) is 4.55 Å². The van der Waals surface area contributed by atoms with Crippen LogP contribution < -0.4 is 16.4 Å². The number of benzene rings is 2. The molecule has 17 heteroatoms. The van der Waals surface area contributed by atoms with E-state index in [1.807, 2.05) is 12.1 Å². The minimum atomic E-state index is -3.67. The molecule has 2 aromatic heterocycles. The van der Waals surface area contributed by atoms with Crippen LogP contribution in [0.3, 0.4) is 0 Å². The second-order valence-electron chi connectivity index (χ2n) is 9.12. The zero-order valence-electron chi connectivity index (χ0n) is 22.8. The highest BCUT2D eigenvalue weighted by Gasteiger charge is 2.21. The van der Waals surface area contributed by atoms with Gasteiger partial charge in [0.05, 0.1) is 26.3 Å². The SMILES string of the molecule is CN1CCN(c2nc(N)ncc2-c2cccc(Cl)c2Cl)CC1.CS(=O)(=O)O.Nc1ncc(-c2cccc(Cl)c2Cl)c(Cl)n1. The molecule has 0 unspecified atom stereocenters. The van der Waals surface area contributed by atoms with Gasteiger partial charge in [0.1, 0.15) is 11.0 Å². The van der Waals surface area contributed by atoms with Crippen LogP contribution in [-0.4, -0.2) is 77.3 Å². The minimum Gasteiger partial charge on any atom is -0.368 e. The quantitative estimate of drug-likeness (QED) is 0.170. The van der Waals surface area contributed by atoms with E-state index in [4.69, 9.17) is 74.0 Å². The van der Waals surface area contributed by atoms with E-state index in [9.17, 15) is 8.42 Å². The van der Waals surface area contributed by atoms with Gasteiger partial charge in [-0.15, -0.1) is 0 Å². The van der Waals surface area contributed by atoms with Crippen molar-refractivity contribution in [3.63, 3.8) is 0 Å². The zero-order chi connectivity index (χ0) is 31.9. The highest BCUT2D eigenvalue weighted by molar-refractivity contribution is 7.85. The smallest absolute Gasteiger partial charge is 0.261 e. The Kier molecular flexibility index (Phi) is 12.4. The fraction of sp³-hybridized carbons (Fsp3) is 0.231. The topological polar surface area (TPSA) is 164 Å². The fourth-order valence-corrected chi connectivity index (χ4v) is 4.86. The number of hydrogen-bond acceptors (Lipinski definition) is 10. The molecule has 5 N–H and O–H groups in total. The lowest BCUT2D eigenvalue weighted by atomic mass is 10.1. The van der Waals surface area contributed by atoms with E-state index in [1.54, 1.807) is 30.5 Å². The molecular weight excluding hydrogens is 682 g/mol. The Morgan fingerprint density at radius 3 is 1.67 bits per heavy atom. The van der Waals surface area contributed by atoms with Crippen LogP contribution in [0.15, 0.2) is 48.8 Å².